The number of aliphatic hydroxyl groups is 2. The highest BCUT2D eigenvalue weighted by Gasteiger charge is 2.11. The standard InChI is InChI=1S/C31H52O6/c1-3-5-7-9-10-11-12-15-18-22-28(32)23-19-16-13-17-21-25-31(35)37-27-29(33)26-36-30(34)24-20-14-8-6-4-2/h10-11,13,15-16,18-19,23,28-29,32-33H,3-9,12,14,17,20-22,24-27H2,1-2H3/b11-10-,16-13+,18-15-,23-19-/t28?,29-/m0/s1. The molecule has 0 aromatic rings. The summed E-state index contributed by atoms with van der Waals surface area (Å²) in [6.45, 7) is 4.01. The van der Waals surface area contributed by atoms with Crippen molar-refractivity contribution in [3.8, 4) is 0 Å². The molecule has 0 aliphatic heterocycles. The molecule has 0 aliphatic carbocycles. The monoisotopic (exact) mass is 520 g/mol. The van der Waals surface area contributed by atoms with E-state index >= 15 is 0 Å². The Morgan fingerprint density at radius 1 is 0.676 bits per heavy atom. The molecule has 0 heterocycles. The third-order valence-corrected chi connectivity index (χ3v) is 5.65. The van der Waals surface area contributed by atoms with Crippen LogP contribution in [0.15, 0.2) is 48.6 Å². The second kappa shape index (κ2) is 26.9. The molecular formula is C31H52O6. The van der Waals surface area contributed by atoms with E-state index in [1.807, 2.05) is 24.3 Å². The summed E-state index contributed by atoms with van der Waals surface area (Å²) in [4.78, 5) is 23.4. The van der Waals surface area contributed by atoms with Gasteiger partial charge in [-0.1, -0.05) is 101 Å². The van der Waals surface area contributed by atoms with Crippen LogP contribution in [0.2, 0.25) is 0 Å². The minimum atomic E-state index is -1.01. The number of allylic oxidation sites excluding steroid dienone is 6. The highest BCUT2D eigenvalue weighted by atomic mass is 16.6. The molecule has 0 spiro atoms. The van der Waals surface area contributed by atoms with Gasteiger partial charge in [0.25, 0.3) is 0 Å². The van der Waals surface area contributed by atoms with Crippen LogP contribution in [-0.2, 0) is 19.1 Å². The highest BCUT2D eigenvalue weighted by molar-refractivity contribution is 5.69. The largest absolute Gasteiger partial charge is 0.463 e. The summed E-state index contributed by atoms with van der Waals surface area (Å²) in [7, 11) is 0. The van der Waals surface area contributed by atoms with E-state index in [9.17, 15) is 19.8 Å². The molecule has 2 atom stereocenters. The van der Waals surface area contributed by atoms with Crippen molar-refractivity contribution in [3.05, 3.63) is 48.6 Å². The van der Waals surface area contributed by atoms with Gasteiger partial charge < -0.3 is 19.7 Å². The van der Waals surface area contributed by atoms with Crippen molar-refractivity contribution < 1.29 is 29.3 Å². The topological polar surface area (TPSA) is 93.1 Å². The minimum absolute atomic E-state index is 0.159. The number of hydrogen-bond acceptors (Lipinski definition) is 6. The van der Waals surface area contributed by atoms with Crippen molar-refractivity contribution in [2.75, 3.05) is 13.2 Å². The molecular weight excluding hydrogens is 468 g/mol. The molecule has 0 bridgehead atoms. The van der Waals surface area contributed by atoms with Crippen LogP contribution in [0.3, 0.4) is 0 Å². The van der Waals surface area contributed by atoms with Crippen molar-refractivity contribution in [2.45, 2.75) is 122 Å². The van der Waals surface area contributed by atoms with E-state index < -0.39 is 12.2 Å². The number of carbonyl (C=O) groups excluding carboxylic acids is 2. The van der Waals surface area contributed by atoms with E-state index in [1.54, 1.807) is 6.08 Å². The Balaban J connectivity index is 3.74. The van der Waals surface area contributed by atoms with Crippen molar-refractivity contribution in [2.24, 2.45) is 0 Å². The average Bonchev–Trinajstić information content (AvgIpc) is 2.89. The first-order chi connectivity index (χ1) is 18.0. The molecule has 0 amide bonds. The van der Waals surface area contributed by atoms with Crippen molar-refractivity contribution in [1.82, 2.24) is 0 Å². The van der Waals surface area contributed by atoms with Gasteiger partial charge in [0.15, 0.2) is 0 Å². The van der Waals surface area contributed by atoms with E-state index in [0.29, 0.717) is 25.7 Å². The molecule has 0 rings (SSSR count). The van der Waals surface area contributed by atoms with Crippen LogP contribution in [0.1, 0.15) is 110 Å². The lowest BCUT2D eigenvalue weighted by Gasteiger charge is -2.12. The summed E-state index contributed by atoms with van der Waals surface area (Å²) in [5.74, 6) is -0.712. The third kappa shape index (κ3) is 26.7. The molecule has 0 aliphatic rings. The molecule has 0 aromatic heterocycles. The number of carbonyl (C=O) groups is 2. The van der Waals surface area contributed by atoms with E-state index in [0.717, 1.165) is 38.5 Å². The molecule has 37 heavy (non-hydrogen) atoms. The molecule has 0 radical (unpaired) electrons. The van der Waals surface area contributed by atoms with E-state index in [1.165, 1.54) is 25.7 Å². The van der Waals surface area contributed by atoms with Crippen LogP contribution in [0.4, 0.5) is 0 Å². The van der Waals surface area contributed by atoms with Gasteiger partial charge in [-0.2, -0.15) is 0 Å². The maximum absolute atomic E-state index is 11.8. The van der Waals surface area contributed by atoms with Gasteiger partial charge in [0, 0.05) is 12.8 Å². The molecule has 2 N–H and O–H groups in total. The van der Waals surface area contributed by atoms with Crippen LogP contribution in [0.5, 0.6) is 0 Å². The number of ether oxygens (including phenoxy) is 2. The van der Waals surface area contributed by atoms with Crippen LogP contribution in [0, 0.1) is 0 Å². The quantitative estimate of drug-likeness (QED) is 0.0622. The molecule has 6 nitrogen and oxygen atoms in total. The van der Waals surface area contributed by atoms with Gasteiger partial charge in [0.05, 0.1) is 6.10 Å². The highest BCUT2D eigenvalue weighted by Crippen LogP contribution is 2.06. The van der Waals surface area contributed by atoms with Crippen molar-refractivity contribution >= 4 is 11.9 Å². The van der Waals surface area contributed by atoms with Gasteiger partial charge >= 0.3 is 11.9 Å². The molecule has 212 valence electrons. The maximum Gasteiger partial charge on any atom is 0.305 e. The van der Waals surface area contributed by atoms with Gasteiger partial charge in [0.1, 0.15) is 19.3 Å². The predicted octanol–water partition coefficient (Wildman–Crippen LogP) is 6.91. The Labute approximate surface area is 225 Å². The van der Waals surface area contributed by atoms with E-state index in [2.05, 4.69) is 32.1 Å². The summed E-state index contributed by atoms with van der Waals surface area (Å²) >= 11 is 0. The fourth-order valence-corrected chi connectivity index (χ4v) is 3.39. The van der Waals surface area contributed by atoms with E-state index in [-0.39, 0.29) is 31.6 Å². The first kappa shape index (κ1) is 34.8. The molecule has 0 fully saturated rings. The second-order valence-corrected chi connectivity index (χ2v) is 9.37. The van der Waals surface area contributed by atoms with E-state index in [4.69, 9.17) is 9.47 Å². The number of unbranched alkanes of at least 4 members (excludes halogenated alkanes) is 8. The molecule has 0 aromatic carbocycles. The lowest BCUT2D eigenvalue weighted by Crippen LogP contribution is -2.25. The number of hydrogen-bond donors (Lipinski definition) is 2. The lowest BCUT2D eigenvalue weighted by molar-refractivity contribution is -0.152. The van der Waals surface area contributed by atoms with Crippen molar-refractivity contribution in [3.63, 3.8) is 0 Å². The Bertz CT molecular complexity index is 665. The molecule has 6 heteroatoms. The number of esters is 2. The molecule has 0 saturated carbocycles. The molecule has 1 unspecified atom stereocenters. The zero-order chi connectivity index (χ0) is 27.4. The zero-order valence-electron chi connectivity index (χ0n) is 23.3. The van der Waals surface area contributed by atoms with Gasteiger partial charge in [-0.3, -0.25) is 9.59 Å². The van der Waals surface area contributed by atoms with Gasteiger partial charge in [-0.15, -0.1) is 0 Å². The Hall–Kier alpha value is -2.18. The number of rotatable bonds is 24. The summed E-state index contributed by atoms with van der Waals surface area (Å²) < 4.78 is 10.1. The fourth-order valence-electron chi connectivity index (χ4n) is 3.39. The second-order valence-electron chi connectivity index (χ2n) is 9.37. The Morgan fingerprint density at radius 2 is 1.27 bits per heavy atom. The normalized spacial score (nSPS) is 13.7. The fraction of sp³-hybridized carbons (Fsp3) is 0.677. The van der Waals surface area contributed by atoms with Gasteiger partial charge in [-0.25, -0.2) is 0 Å². The molecule has 0 saturated heterocycles. The summed E-state index contributed by atoms with van der Waals surface area (Å²) in [5, 5.41) is 19.8. The summed E-state index contributed by atoms with van der Waals surface area (Å²) in [6, 6.07) is 0. The Kier molecular flexibility index (Phi) is 25.3. The predicted molar refractivity (Wildman–Crippen MR) is 151 cm³/mol. The van der Waals surface area contributed by atoms with Crippen molar-refractivity contribution in [1.29, 1.82) is 0 Å². The average molecular weight is 521 g/mol. The number of aliphatic hydroxyl groups excluding tert-OH is 2. The third-order valence-electron chi connectivity index (χ3n) is 5.65. The van der Waals surface area contributed by atoms with Gasteiger partial charge in [0.2, 0.25) is 0 Å². The van der Waals surface area contributed by atoms with Crippen LogP contribution >= 0.6 is 0 Å². The summed E-state index contributed by atoms with van der Waals surface area (Å²) in [6.07, 6.45) is 27.9. The minimum Gasteiger partial charge on any atom is -0.463 e. The zero-order valence-corrected chi connectivity index (χ0v) is 23.3. The first-order valence-electron chi connectivity index (χ1n) is 14.3. The maximum atomic E-state index is 11.8. The SMILES string of the molecule is CCCCC/C=C\C/C=C\CC(O)/C=C\C=C\CCCC(=O)OC[C@@H](O)COC(=O)CCCCCCC. The first-order valence-corrected chi connectivity index (χ1v) is 14.3. The van der Waals surface area contributed by atoms with Crippen LogP contribution < -0.4 is 0 Å². The van der Waals surface area contributed by atoms with Gasteiger partial charge in [-0.05, 0) is 44.9 Å². The Morgan fingerprint density at radius 3 is 1.97 bits per heavy atom. The van der Waals surface area contributed by atoms with Crippen LogP contribution in [-0.4, -0.2) is 47.6 Å². The summed E-state index contributed by atoms with van der Waals surface area (Å²) in [5.41, 5.74) is 0. The van der Waals surface area contributed by atoms with Crippen LogP contribution in [0.25, 0.3) is 0 Å². The lowest BCUT2D eigenvalue weighted by atomic mass is 10.1. The smallest absolute Gasteiger partial charge is 0.305 e.